The summed E-state index contributed by atoms with van der Waals surface area (Å²) in [5.41, 5.74) is -0.0297. The van der Waals surface area contributed by atoms with Crippen molar-refractivity contribution in [1.82, 2.24) is 4.98 Å². The fourth-order valence-corrected chi connectivity index (χ4v) is 2.33. The lowest BCUT2D eigenvalue weighted by molar-refractivity contribution is 0.102. The molecule has 1 amide bonds. The van der Waals surface area contributed by atoms with Gasteiger partial charge in [-0.05, 0) is 18.2 Å². The Labute approximate surface area is 123 Å². The number of hydrogen-bond donors (Lipinski definition) is 2. The maximum Gasteiger partial charge on any atom is 0.272 e. The molecule has 0 bridgehead atoms. The van der Waals surface area contributed by atoms with Crippen LogP contribution >= 0.6 is 34.8 Å². The zero-order valence-electron chi connectivity index (χ0n) is 9.34. The van der Waals surface area contributed by atoms with Crippen molar-refractivity contribution in [3.63, 3.8) is 0 Å². The van der Waals surface area contributed by atoms with Crippen LogP contribution in [0.25, 0.3) is 0 Å². The van der Waals surface area contributed by atoms with Crippen LogP contribution in [-0.4, -0.2) is 10.9 Å². The molecule has 2 aromatic rings. The largest absolute Gasteiger partial charge is 0.318 e. The average molecular weight is 318 g/mol. The maximum absolute atomic E-state index is 11.9. The highest BCUT2D eigenvalue weighted by Gasteiger charge is 2.13. The second kappa shape index (κ2) is 5.65. The second-order valence-electron chi connectivity index (χ2n) is 3.63. The van der Waals surface area contributed by atoms with E-state index in [-0.39, 0.29) is 27.0 Å². The third-order valence-corrected chi connectivity index (χ3v) is 3.07. The van der Waals surface area contributed by atoms with Gasteiger partial charge in [0.2, 0.25) is 5.56 Å². The molecule has 0 atom stereocenters. The number of benzene rings is 1. The van der Waals surface area contributed by atoms with Gasteiger partial charge in [0, 0.05) is 11.1 Å². The summed E-state index contributed by atoms with van der Waals surface area (Å²) >= 11 is 17.7. The third kappa shape index (κ3) is 3.29. The van der Waals surface area contributed by atoms with E-state index in [1.807, 2.05) is 0 Å². The molecule has 1 aromatic heterocycles. The topological polar surface area (TPSA) is 62.0 Å². The lowest BCUT2D eigenvalue weighted by Crippen LogP contribution is -2.18. The van der Waals surface area contributed by atoms with Gasteiger partial charge < -0.3 is 10.3 Å². The van der Waals surface area contributed by atoms with Gasteiger partial charge in [-0.2, -0.15) is 0 Å². The minimum absolute atomic E-state index is 0.106. The quantitative estimate of drug-likeness (QED) is 0.889. The molecule has 0 spiro atoms. The summed E-state index contributed by atoms with van der Waals surface area (Å²) < 4.78 is 0. The highest BCUT2D eigenvalue weighted by atomic mass is 35.5. The first-order valence-electron chi connectivity index (χ1n) is 5.12. The number of halogens is 3. The van der Waals surface area contributed by atoms with E-state index in [0.717, 1.165) is 0 Å². The van der Waals surface area contributed by atoms with Crippen LogP contribution < -0.4 is 10.9 Å². The summed E-state index contributed by atoms with van der Waals surface area (Å²) in [5.74, 6) is -0.524. The first-order chi connectivity index (χ1) is 8.97. The summed E-state index contributed by atoms with van der Waals surface area (Å²) in [5, 5.41) is 3.30. The first-order valence-corrected chi connectivity index (χ1v) is 6.26. The molecule has 19 heavy (non-hydrogen) atoms. The van der Waals surface area contributed by atoms with Gasteiger partial charge >= 0.3 is 0 Å². The molecule has 0 radical (unpaired) electrons. The number of carbonyl (C=O) groups is 1. The van der Waals surface area contributed by atoms with Gasteiger partial charge in [0.05, 0.1) is 15.7 Å². The number of anilines is 1. The number of rotatable bonds is 2. The summed E-state index contributed by atoms with van der Waals surface area (Å²) in [4.78, 5) is 25.4. The Morgan fingerprint density at radius 3 is 2.32 bits per heavy atom. The molecule has 0 aliphatic rings. The Balaban J connectivity index is 2.32. The zero-order chi connectivity index (χ0) is 14.0. The number of amides is 1. The first kappa shape index (κ1) is 13.9. The number of carbonyl (C=O) groups excluding carboxylic acids is 1. The van der Waals surface area contributed by atoms with Crippen LogP contribution in [0.15, 0.2) is 35.1 Å². The number of aromatic amines is 1. The Kier molecular flexibility index (Phi) is 4.14. The third-order valence-electron chi connectivity index (χ3n) is 2.26. The fraction of sp³-hybridized carbons (Fsp3) is 0. The molecule has 1 heterocycles. The van der Waals surface area contributed by atoms with Crippen LogP contribution in [0, 0.1) is 0 Å². The molecule has 0 aliphatic heterocycles. The maximum atomic E-state index is 11.9. The minimum Gasteiger partial charge on any atom is -0.318 e. The van der Waals surface area contributed by atoms with E-state index in [4.69, 9.17) is 34.8 Å². The Bertz CT molecular complexity index is 674. The number of pyridine rings is 1. The van der Waals surface area contributed by atoms with Crippen LogP contribution in [0.1, 0.15) is 10.5 Å². The molecule has 0 aliphatic carbocycles. The predicted octanol–water partition coefficient (Wildman–Crippen LogP) is 3.59. The van der Waals surface area contributed by atoms with Gasteiger partial charge in [0.25, 0.3) is 5.91 Å². The molecular weight excluding hydrogens is 311 g/mol. The van der Waals surface area contributed by atoms with Crippen LogP contribution in [0.5, 0.6) is 0 Å². The molecular formula is C12H7Cl3N2O2. The van der Waals surface area contributed by atoms with Crippen LogP contribution in [0.4, 0.5) is 5.69 Å². The molecule has 0 fully saturated rings. The molecule has 0 saturated carbocycles. The van der Waals surface area contributed by atoms with Crippen molar-refractivity contribution in [1.29, 1.82) is 0 Å². The normalized spacial score (nSPS) is 10.3. The summed E-state index contributed by atoms with van der Waals surface area (Å²) in [6, 6.07) is 7.16. The lowest BCUT2D eigenvalue weighted by Gasteiger charge is -2.09. The lowest BCUT2D eigenvalue weighted by atomic mass is 10.3. The molecule has 0 unspecified atom stereocenters. The Morgan fingerprint density at radius 1 is 1.11 bits per heavy atom. The number of hydrogen-bond acceptors (Lipinski definition) is 2. The summed E-state index contributed by atoms with van der Waals surface area (Å²) in [7, 11) is 0. The minimum atomic E-state index is -0.524. The Hall–Kier alpha value is -1.49. The molecule has 7 heteroatoms. The zero-order valence-corrected chi connectivity index (χ0v) is 11.6. The van der Waals surface area contributed by atoms with E-state index in [2.05, 4.69) is 10.3 Å². The highest BCUT2D eigenvalue weighted by Crippen LogP contribution is 2.33. The van der Waals surface area contributed by atoms with Gasteiger partial charge in [-0.3, -0.25) is 9.59 Å². The van der Waals surface area contributed by atoms with Crippen molar-refractivity contribution in [3.05, 3.63) is 61.4 Å². The fourth-order valence-electron chi connectivity index (χ4n) is 1.42. The molecule has 98 valence electrons. The molecule has 0 saturated heterocycles. The van der Waals surface area contributed by atoms with Gasteiger partial charge in [-0.1, -0.05) is 40.9 Å². The number of H-pyrrole nitrogens is 1. The summed E-state index contributed by atoms with van der Waals surface area (Å²) in [6.07, 6.45) is 0. The second-order valence-corrected chi connectivity index (χ2v) is 4.88. The van der Waals surface area contributed by atoms with Gasteiger partial charge in [0.1, 0.15) is 5.69 Å². The van der Waals surface area contributed by atoms with Crippen molar-refractivity contribution < 1.29 is 4.79 Å². The molecule has 2 rings (SSSR count). The standard InChI is InChI=1S/C12H7Cl3N2O2/c13-6-4-7(14)11(8(15)5-6)17-12(19)9-2-1-3-10(18)16-9/h1-5H,(H,16,18)(H,17,19). The molecule has 2 N–H and O–H groups in total. The van der Waals surface area contributed by atoms with Crippen molar-refractivity contribution in [3.8, 4) is 0 Å². The van der Waals surface area contributed by atoms with E-state index >= 15 is 0 Å². The van der Waals surface area contributed by atoms with Gasteiger partial charge in [-0.15, -0.1) is 0 Å². The van der Waals surface area contributed by atoms with E-state index < -0.39 is 5.91 Å². The molecule has 4 nitrogen and oxygen atoms in total. The Morgan fingerprint density at radius 2 is 1.74 bits per heavy atom. The van der Waals surface area contributed by atoms with Crippen molar-refractivity contribution in [2.45, 2.75) is 0 Å². The number of nitrogens with one attached hydrogen (secondary N) is 2. The van der Waals surface area contributed by atoms with E-state index in [9.17, 15) is 9.59 Å². The highest BCUT2D eigenvalue weighted by molar-refractivity contribution is 6.42. The monoisotopic (exact) mass is 316 g/mol. The molecule has 1 aromatic carbocycles. The van der Waals surface area contributed by atoms with Gasteiger partial charge in [0.15, 0.2) is 0 Å². The van der Waals surface area contributed by atoms with E-state index in [0.29, 0.717) is 5.02 Å². The van der Waals surface area contributed by atoms with E-state index in [1.165, 1.54) is 30.3 Å². The van der Waals surface area contributed by atoms with Crippen molar-refractivity contribution in [2.24, 2.45) is 0 Å². The van der Waals surface area contributed by atoms with Crippen LogP contribution in [-0.2, 0) is 0 Å². The summed E-state index contributed by atoms with van der Waals surface area (Å²) in [6.45, 7) is 0. The SMILES string of the molecule is O=C(Nc1c(Cl)cc(Cl)cc1Cl)c1cccc(=O)[nH]1. The van der Waals surface area contributed by atoms with Crippen LogP contribution in [0.3, 0.4) is 0 Å². The average Bonchev–Trinajstić information content (AvgIpc) is 2.33. The van der Waals surface area contributed by atoms with Gasteiger partial charge in [-0.25, -0.2) is 0 Å². The van der Waals surface area contributed by atoms with E-state index in [1.54, 1.807) is 0 Å². The van der Waals surface area contributed by atoms with Crippen molar-refractivity contribution in [2.75, 3.05) is 5.32 Å². The van der Waals surface area contributed by atoms with Crippen LogP contribution in [0.2, 0.25) is 15.1 Å². The van der Waals surface area contributed by atoms with Crippen molar-refractivity contribution >= 4 is 46.4 Å². The predicted molar refractivity (Wildman–Crippen MR) is 76.5 cm³/mol. The number of aromatic nitrogens is 1. The smallest absolute Gasteiger partial charge is 0.272 e.